The summed E-state index contributed by atoms with van der Waals surface area (Å²) in [5, 5.41) is 20.3. The van der Waals surface area contributed by atoms with Crippen molar-refractivity contribution in [2.24, 2.45) is 5.92 Å². The maximum Gasteiger partial charge on any atom is 0.298 e. The number of likely N-dealkylation sites (tertiary alicyclic amines) is 1. The molecular formula is C27H34F3N5O5. The summed E-state index contributed by atoms with van der Waals surface area (Å²) in [7, 11) is 2.59. The Morgan fingerprint density at radius 3 is 2.58 bits per heavy atom. The lowest BCUT2D eigenvalue weighted by Gasteiger charge is -2.42. The summed E-state index contributed by atoms with van der Waals surface area (Å²) in [5.41, 5.74) is -1.93. The van der Waals surface area contributed by atoms with Crippen molar-refractivity contribution in [2.75, 3.05) is 27.4 Å². The van der Waals surface area contributed by atoms with Crippen LogP contribution < -0.4 is 10.1 Å². The molecule has 3 aliphatic rings. The predicted molar refractivity (Wildman–Crippen MR) is 136 cm³/mol. The van der Waals surface area contributed by atoms with Crippen LogP contribution in [0.15, 0.2) is 18.3 Å². The van der Waals surface area contributed by atoms with Crippen molar-refractivity contribution in [3.8, 4) is 17.1 Å². The van der Waals surface area contributed by atoms with E-state index in [1.165, 1.54) is 26.4 Å². The van der Waals surface area contributed by atoms with Crippen LogP contribution in [0.3, 0.4) is 0 Å². The number of H-pyrrole nitrogens is 1. The van der Waals surface area contributed by atoms with Gasteiger partial charge in [-0.3, -0.25) is 14.7 Å². The minimum Gasteiger partial charge on any atom is -0.481 e. The SMILES string of the molecule is COCC(F)(F)[C@]1(O)CC[C@@H](NC(=O)[C@@H]2CCN(C(=O)c3cc(-c4cc(OC)ncc4F)[nH]n3)C3(CC3)C2)CC1. The molecule has 13 heteroatoms. The van der Waals surface area contributed by atoms with Crippen molar-refractivity contribution < 1.29 is 37.3 Å². The van der Waals surface area contributed by atoms with Gasteiger partial charge in [0.2, 0.25) is 11.8 Å². The Balaban J connectivity index is 1.18. The zero-order valence-electron chi connectivity index (χ0n) is 22.5. The van der Waals surface area contributed by atoms with Gasteiger partial charge in [0, 0.05) is 42.8 Å². The summed E-state index contributed by atoms with van der Waals surface area (Å²) in [6.07, 6.45) is 3.75. The van der Waals surface area contributed by atoms with Gasteiger partial charge in [-0.1, -0.05) is 0 Å². The molecule has 5 rings (SSSR count). The Bertz CT molecular complexity index is 1260. The fourth-order valence-corrected chi connectivity index (χ4v) is 6.04. The zero-order chi connectivity index (χ0) is 28.7. The van der Waals surface area contributed by atoms with Gasteiger partial charge in [0.25, 0.3) is 11.8 Å². The van der Waals surface area contributed by atoms with E-state index >= 15 is 0 Å². The van der Waals surface area contributed by atoms with Gasteiger partial charge >= 0.3 is 0 Å². The van der Waals surface area contributed by atoms with Crippen LogP contribution in [0.2, 0.25) is 0 Å². The number of aromatic nitrogens is 3. The molecule has 2 aliphatic carbocycles. The molecule has 0 unspecified atom stereocenters. The summed E-state index contributed by atoms with van der Waals surface area (Å²) >= 11 is 0. The molecule has 3 heterocycles. The number of ether oxygens (including phenoxy) is 2. The molecule has 0 radical (unpaired) electrons. The normalized spacial score (nSPS) is 26.0. The number of hydrogen-bond acceptors (Lipinski definition) is 7. The van der Waals surface area contributed by atoms with Gasteiger partial charge in [-0.05, 0) is 57.4 Å². The molecular weight excluding hydrogens is 531 g/mol. The Kier molecular flexibility index (Phi) is 7.55. The number of hydrogen-bond donors (Lipinski definition) is 3. The quantitative estimate of drug-likeness (QED) is 0.449. The second-order valence-corrected chi connectivity index (χ2v) is 11.2. The van der Waals surface area contributed by atoms with Crippen LogP contribution in [0, 0.1) is 11.7 Å². The van der Waals surface area contributed by atoms with Crippen LogP contribution in [0.4, 0.5) is 13.2 Å². The van der Waals surface area contributed by atoms with E-state index in [0.717, 1.165) is 19.0 Å². The summed E-state index contributed by atoms with van der Waals surface area (Å²) in [5.74, 6) is -4.46. The van der Waals surface area contributed by atoms with Gasteiger partial charge in [-0.25, -0.2) is 18.2 Å². The first kappa shape index (κ1) is 28.3. The molecule has 2 aromatic heterocycles. The fourth-order valence-electron chi connectivity index (χ4n) is 6.04. The first-order valence-corrected chi connectivity index (χ1v) is 13.5. The Morgan fingerprint density at radius 2 is 1.93 bits per heavy atom. The van der Waals surface area contributed by atoms with Crippen molar-refractivity contribution in [1.29, 1.82) is 0 Å². The minimum atomic E-state index is -3.36. The van der Waals surface area contributed by atoms with E-state index < -0.39 is 29.5 Å². The molecule has 2 amide bonds. The molecule has 0 aromatic carbocycles. The number of rotatable bonds is 8. The molecule has 0 bridgehead atoms. The van der Waals surface area contributed by atoms with Gasteiger partial charge < -0.3 is 24.8 Å². The van der Waals surface area contributed by atoms with E-state index in [1.807, 2.05) is 0 Å². The van der Waals surface area contributed by atoms with Crippen LogP contribution >= 0.6 is 0 Å². The third-order valence-electron chi connectivity index (χ3n) is 8.64. The first-order chi connectivity index (χ1) is 19.0. The van der Waals surface area contributed by atoms with Gasteiger partial charge in [0.05, 0.1) is 19.0 Å². The fraction of sp³-hybridized carbons (Fsp3) is 0.630. The number of amides is 2. The van der Waals surface area contributed by atoms with E-state index in [-0.39, 0.29) is 66.6 Å². The number of alkyl halides is 2. The van der Waals surface area contributed by atoms with E-state index in [0.29, 0.717) is 25.1 Å². The summed E-state index contributed by atoms with van der Waals surface area (Å²) in [6, 6.07) is 2.62. The van der Waals surface area contributed by atoms with Gasteiger partial charge in [0.15, 0.2) is 11.5 Å². The number of nitrogens with zero attached hydrogens (tertiary/aromatic N) is 3. The zero-order valence-corrected chi connectivity index (χ0v) is 22.5. The molecule has 1 spiro atoms. The standard InChI is InChI=1S/C27H34F3N5O5/c1-39-15-27(29,30)26(38)6-3-17(4-7-26)32-23(36)16-5-10-35(25(13-16)8-9-25)24(37)21-12-20(33-34-21)18-11-22(40-2)31-14-19(18)28/h11-12,14,16-17,38H,3-10,13,15H2,1-2H3,(H,32,36)(H,33,34)/t16-,17-,26+/m1/s1. The van der Waals surface area contributed by atoms with Crippen molar-refractivity contribution in [3.63, 3.8) is 0 Å². The van der Waals surface area contributed by atoms with E-state index in [2.05, 4.69) is 25.2 Å². The monoisotopic (exact) mass is 565 g/mol. The number of carbonyl (C=O) groups is 2. The van der Waals surface area contributed by atoms with Gasteiger partial charge in [-0.15, -0.1) is 0 Å². The number of piperidine rings is 1. The molecule has 218 valence electrons. The number of methoxy groups -OCH3 is 2. The van der Waals surface area contributed by atoms with Crippen LogP contribution in [-0.4, -0.2) is 87.5 Å². The molecule has 40 heavy (non-hydrogen) atoms. The van der Waals surface area contributed by atoms with Crippen LogP contribution in [0.25, 0.3) is 11.3 Å². The number of carbonyl (C=O) groups excluding carboxylic acids is 2. The highest BCUT2D eigenvalue weighted by molar-refractivity contribution is 5.94. The number of halogens is 3. The smallest absolute Gasteiger partial charge is 0.298 e. The van der Waals surface area contributed by atoms with Crippen molar-refractivity contribution >= 4 is 11.8 Å². The maximum absolute atomic E-state index is 14.3. The topological polar surface area (TPSA) is 130 Å². The van der Waals surface area contributed by atoms with E-state index in [1.54, 1.807) is 4.90 Å². The first-order valence-electron chi connectivity index (χ1n) is 13.5. The summed E-state index contributed by atoms with van der Waals surface area (Å²) in [4.78, 5) is 32.1. The summed E-state index contributed by atoms with van der Waals surface area (Å²) in [6.45, 7) is -0.487. The highest BCUT2D eigenvalue weighted by atomic mass is 19.3. The second-order valence-electron chi connectivity index (χ2n) is 11.2. The van der Waals surface area contributed by atoms with Crippen molar-refractivity contribution in [1.82, 2.24) is 25.4 Å². The van der Waals surface area contributed by atoms with Crippen LogP contribution in [0.5, 0.6) is 5.88 Å². The predicted octanol–water partition coefficient (Wildman–Crippen LogP) is 3.08. The van der Waals surface area contributed by atoms with Gasteiger partial charge in [0.1, 0.15) is 12.2 Å². The highest BCUT2D eigenvalue weighted by Crippen LogP contribution is 2.50. The van der Waals surface area contributed by atoms with Gasteiger partial charge in [-0.2, -0.15) is 5.10 Å². The molecule has 2 saturated carbocycles. The Labute approximate surface area is 229 Å². The molecule has 10 nitrogen and oxygen atoms in total. The van der Waals surface area contributed by atoms with E-state index in [4.69, 9.17) is 4.74 Å². The Morgan fingerprint density at radius 1 is 1.20 bits per heavy atom. The third kappa shape index (κ3) is 5.28. The minimum absolute atomic E-state index is 0.132. The lowest BCUT2D eigenvalue weighted by atomic mass is 9.78. The maximum atomic E-state index is 14.3. The number of nitrogens with one attached hydrogen (secondary N) is 2. The van der Waals surface area contributed by atoms with Crippen LogP contribution in [0.1, 0.15) is 61.9 Å². The lowest BCUT2D eigenvalue weighted by molar-refractivity contribution is -0.218. The molecule has 3 N–H and O–H groups in total. The average molecular weight is 566 g/mol. The molecule has 1 atom stereocenters. The third-order valence-corrected chi connectivity index (χ3v) is 8.64. The van der Waals surface area contributed by atoms with Crippen LogP contribution in [-0.2, 0) is 9.53 Å². The number of aromatic amines is 1. The Hall–Kier alpha value is -3.19. The van der Waals surface area contributed by atoms with Crippen molar-refractivity contribution in [3.05, 3.63) is 29.8 Å². The average Bonchev–Trinajstić information content (AvgIpc) is 3.50. The van der Waals surface area contributed by atoms with E-state index in [9.17, 15) is 27.9 Å². The number of pyridine rings is 1. The summed E-state index contributed by atoms with van der Waals surface area (Å²) < 4.78 is 52.6. The van der Waals surface area contributed by atoms with Crippen molar-refractivity contribution in [2.45, 2.75) is 74.5 Å². The molecule has 3 fully saturated rings. The number of aliphatic hydroxyl groups is 1. The highest BCUT2D eigenvalue weighted by Gasteiger charge is 2.56. The second kappa shape index (κ2) is 10.7. The molecule has 1 aliphatic heterocycles. The molecule has 2 aromatic rings. The largest absolute Gasteiger partial charge is 0.481 e. The lowest BCUT2D eigenvalue weighted by Crippen LogP contribution is -2.56. The molecule has 1 saturated heterocycles.